The summed E-state index contributed by atoms with van der Waals surface area (Å²) in [5, 5.41) is 1.26. The lowest BCUT2D eigenvalue weighted by atomic mass is 10.2. The molecule has 0 aromatic carbocycles. The van der Waals surface area contributed by atoms with Crippen LogP contribution in [0.5, 0.6) is 0 Å². The molecule has 1 rings (SSSR count). The first-order chi connectivity index (χ1) is 7.70. The molecular weight excluding hydrogens is 218 g/mol. The lowest BCUT2D eigenvalue weighted by molar-refractivity contribution is 0.681. The Morgan fingerprint density at radius 2 is 1.75 bits per heavy atom. The zero-order valence-corrected chi connectivity index (χ0v) is 11.4. The van der Waals surface area contributed by atoms with Crippen LogP contribution >= 0.6 is 11.5 Å². The molecule has 0 aliphatic heterocycles. The standard InChI is InChI=1S/C12H23N3S/c1-4-6-8-15(9-7-5-2)12-10(3)11(13)14-16-12/h4-9H2,1-3H3,(H2,13,14). The third-order valence-electron chi connectivity index (χ3n) is 2.79. The molecule has 4 heteroatoms. The summed E-state index contributed by atoms with van der Waals surface area (Å²) in [6.45, 7) is 8.77. The summed E-state index contributed by atoms with van der Waals surface area (Å²) in [5.74, 6) is 0.693. The highest BCUT2D eigenvalue weighted by Gasteiger charge is 2.13. The monoisotopic (exact) mass is 241 g/mol. The van der Waals surface area contributed by atoms with E-state index in [1.54, 1.807) is 0 Å². The summed E-state index contributed by atoms with van der Waals surface area (Å²) >= 11 is 1.54. The van der Waals surface area contributed by atoms with Crippen LogP contribution in [0.1, 0.15) is 45.1 Å². The predicted octanol–water partition coefficient (Wildman–Crippen LogP) is 3.44. The number of aromatic nitrogens is 1. The van der Waals surface area contributed by atoms with Crippen molar-refractivity contribution < 1.29 is 0 Å². The molecule has 0 unspecified atom stereocenters. The predicted molar refractivity (Wildman–Crippen MR) is 73.3 cm³/mol. The topological polar surface area (TPSA) is 42.2 Å². The van der Waals surface area contributed by atoms with Gasteiger partial charge in [-0.2, -0.15) is 4.37 Å². The largest absolute Gasteiger partial charge is 0.383 e. The first kappa shape index (κ1) is 13.3. The highest BCUT2D eigenvalue weighted by Crippen LogP contribution is 2.29. The van der Waals surface area contributed by atoms with Crippen LogP contribution in [-0.4, -0.2) is 17.5 Å². The van der Waals surface area contributed by atoms with E-state index in [0.29, 0.717) is 5.82 Å². The number of nitrogens with two attached hydrogens (primary N) is 1. The SMILES string of the molecule is CCCCN(CCCC)c1snc(N)c1C. The molecule has 0 saturated heterocycles. The fourth-order valence-corrected chi connectivity index (χ4v) is 2.51. The van der Waals surface area contributed by atoms with E-state index in [0.717, 1.165) is 18.7 Å². The molecule has 16 heavy (non-hydrogen) atoms. The Morgan fingerprint density at radius 1 is 1.19 bits per heavy atom. The minimum Gasteiger partial charge on any atom is -0.383 e. The maximum absolute atomic E-state index is 5.81. The van der Waals surface area contributed by atoms with Crippen LogP contribution in [0.3, 0.4) is 0 Å². The summed E-state index contributed by atoms with van der Waals surface area (Å²) in [5.41, 5.74) is 6.96. The van der Waals surface area contributed by atoms with E-state index < -0.39 is 0 Å². The second-order valence-corrected chi connectivity index (χ2v) is 4.94. The normalized spacial score (nSPS) is 10.7. The van der Waals surface area contributed by atoms with E-state index in [9.17, 15) is 0 Å². The second-order valence-electron chi connectivity index (χ2n) is 4.19. The van der Waals surface area contributed by atoms with Gasteiger partial charge in [-0.1, -0.05) is 26.7 Å². The summed E-state index contributed by atoms with van der Waals surface area (Å²) in [4.78, 5) is 2.44. The van der Waals surface area contributed by atoms with Crippen LogP contribution in [0.4, 0.5) is 10.8 Å². The van der Waals surface area contributed by atoms with Crippen molar-refractivity contribution in [3.8, 4) is 0 Å². The highest BCUT2D eigenvalue weighted by atomic mass is 32.1. The lowest BCUT2D eigenvalue weighted by Crippen LogP contribution is -2.25. The number of nitrogens with zero attached hydrogens (tertiary/aromatic N) is 2. The van der Waals surface area contributed by atoms with Gasteiger partial charge in [0, 0.05) is 18.7 Å². The number of hydrogen-bond donors (Lipinski definition) is 1. The average Bonchev–Trinajstić information content (AvgIpc) is 2.61. The zero-order chi connectivity index (χ0) is 12.0. The molecule has 0 bridgehead atoms. The van der Waals surface area contributed by atoms with Gasteiger partial charge >= 0.3 is 0 Å². The molecule has 0 spiro atoms. The molecule has 0 saturated carbocycles. The summed E-state index contributed by atoms with van der Waals surface area (Å²) in [6.07, 6.45) is 4.94. The van der Waals surface area contributed by atoms with Crippen molar-refractivity contribution in [1.82, 2.24) is 4.37 Å². The highest BCUT2D eigenvalue weighted by molar-refractivity contribution is 7.10. The fraction of sp³-hybridized carbons (Fsp3) is 0.750. The smallest absolute Gasteiger partial charge is 0.142 e. The second kappa shape index (κ2) is 6.74. The van der Waals surface area contributed by atoms with Crippen molar-refractivity contribution in [2.24, 2.45) is 0 Å². The number of anilines is 2. The number of hydrogen-bond acceptors (Lipinski definition) is 4. The molecule has 0 aliphatic rings. The summed E-state index contributed by atoms with van der Waals surface area (Å²) in [6, 6.07) is 0. The van der Waals surface area contributed by atoms with Crippen LogP contribution in [0.15, 0.2) is 0 Å². The van der Waals surface area contributed by atoms with Gasteiger partial charge < -0.3 is 10.6 Å². The van der Waals surface area contributed by atoms with Gasteiger partial charge in [0.05, 0.1) is 0 Å². The minimum absolute atomic E-state index is 0.693. The van der Waals surface area contributed by atoms with Crippen molar-refractivity contribution in [3.63, 3.8) is 0 Å². The number of rotatable bonds is 7. The quantitative estimate of drug-likeness (QED) is 0.795. The first-order valence-electron chi connectivity index (χ1n) is 6.17. The van der Waals surface area contributed by atoms with E-state index in [-0.39, 0.29) is 0 Å². The molecule has 0 atom stereocenters. The van der Waals surface area contributed by atoms with Crippen molar-refractivity contribution in [2.75, 3.05) is 23.7 Å². The molecule has 3 nitrogen and oxygen atoms in total. The van der Waals surface area contributed by atoms with E-state index >= 15 is 0 Å². The van der Waals surface area contributed by atoms with Crippen LogP contribution in [0.25, 0.3) is 0 Å². The Balaban J connectivity index is 2.70. The molecular formula is C12H23N3S. The van der Waals surface area contributed by atoms with Gasteiger partial charge in [-0.3, -0.25) is 0 Å². The van der Waals surface area contributed by atoms with E-state index in [1.165, 1.54) is 42.2 Å². The van der Waals surface area contributed by atoms with Crippen molar-refractivity contribution in [2.45, 2.75) is 46.5 Å². The molecule has 0 aliphatic carbocycles. The van der Waals surface area contributed by atoms with Crippen molar-refractivity contribution in [3.05, 3.63) is 5.56 Å². The lowest BCUT2D eigenvalue weighted by Gasteiger charge is -2.23. The Bertz CT molecular complexity index is 301. The number of unbranched alkanes of at least 4 members (excludes halogenated alkanes) is 2. The maximum Gasteiger partial charge on any atom is 0.142 e. The molecule has 1 aromatic rings. The average molecular weight is 241 g/mol. The summed E-state index contributed by atoms with van der Waals surface area (Å²) in [7, 11) is 0. The number of nitrogen functional groups attached to an aromatic ring is 1. The van der Waals surface area contributed by atoms with Crippen molar-refractivity contribution >= 4 is 22.4 Å². The van der Waals surface area contributed by atoms with Crippen LogP contribution in [0, 0.1) is 6.92 Å². The van der Waals surface area contributed by atoms with Gasteiger partial charge in [-0.25, -0.2) is 0 Å². The van der Waals surface area contributed by atoms with E-state index in [1.807, 2.05) is 0 Å². The molecule has 1 heterocycles. The van der Waals surface area contributed by atoms with Crippen LogP contribution in [0.2, 0.25) is 0 Å². The Hall–Kier alpha value is -0.770. The van der Waals surface area contributed by atoms with Gasteiger partial charge in [0.15, 0.2) is 0 Å². The van der Waals surface area contributed by atoms with Gasteiger partial charge in [0.1, 0.15) is 10.8 Å². The molecule has 1 aromatic heterocycles. The Morgan fingerprint density at radius 3 is 2.12 bits per heavy atom. The van der Waals surface area contributed by atoms with Gasteiger partial charge in [0.25, 0.3) is 0 Å². The maximum atomic E-state index is 5.81. The van der Waals surface area contributed by atoms with Crippen LogP contribution in [-0.2, 0) is 0 Å². The van der Waals surface area contributed by atoms with Gasteiger partial charge in [-0.05, 0) is 31.3 Å². The molecule has 92 valence electrons. The Labute approximate surface area is 103 Å². The summed E-state index contributed by atoms with van der Waals surface area (Å²) < 4.78 is 4.23. The fourth-order valence-electron chi connectivity index (χ4n) is 1.65. The third-order valence-corrected chi connectivity index (χ3v) is 3.81. The van der Waals surface area contributed by atoms with Crippen LogP contribution < -0.4 is 10.6 Å². The molecule has 0 fully saturated rings. The van der Waals surface area contributed by atoms with E-state index in [2.05, 4.69) is 30.0 Å². The van der Waals surface area contributed by atoms with E-state index in [4.69, 9.17) is 5.73 Å². The van der Waals surface area contributed by atoms with Gasteiger partial charge in [-0.15, -0.1) is 0 Å². The Kier molecular flexibility index (Phi) is 5.60. The third kappa shape index (κ3) is 3.37. The van der Waals surface area contributed by atoms with Crippen molar-refractivity contribution in [1.29, 1.82) is 0 Å². The first-order valence-corrected chi connectivity index (χ1v) is 6.94. The molecule has 0 radical (unpaired) electrons. The minimum atomic E-state index is 0.693. The zero-order valence-electron chi connectivity index (χ0n) is 10.6. The van der Waals surface area contributed by atoms with Gasteiger partial charge in [0.2, 0.25) is 0 Å². The molecule has 0 amide bonds. The molecule has 2 N–H and O–H groups in total.